The Morgan fingerprint density at radius 1 is 1.37 bits per heavy atom. The van der Waals surface area contributed by atoms with Gasteiger partial charge in [-0.3, -0.25) is 0 Å². The van der Waals surface area contributed by atoms with Gasteiger partial charge in [0.1, 0.15) is 5.75 Å². The van der Waals surface area contributed by atoms with Crippen LogP contribution in [-0.4, -0.2) is 38.7 Å². The van der Waals surface area contributed by atoms with E-state index in [-0.39, 0.29) is 0 Å². The molecule has 0 amide bonds. The molecule has 1 aliphatic heterocycles. The van der Waals surface area contributed by atoms with E-state index in [1.165, 1.54) is 24.1 Å². The van der Waals surface area contributed by atoms with Crippen molar-refractivity contribution in [3.63, 3.8) is 0 Å². The number of benzene rings is 1. The van der Waals surface area contributed by atoms with Gasteiger partial charge in [0.2, 0.25) is 0 Å². The summed E-state index contributed by atoms with van der Waals surface area (Å²) in [6.45, 7) is 7.78. The van der Waals surface area contributed by atoms with Gasteiger partial charge in [0, 0.05) is 12.6 Å². The zero-order chi connectivity index (χ0) is 13.8. The number of hydrogen-bond acceptors (Lipinski definition) is 3. The first kappa shape index (κ1) is 14.4. The minimum atomic E-state index is 0.427. The molecule has 1 unspecified atom stereocenters. The van der Waals surface area contributed by atoms with Crippen molar-refractivity contribution >= 4 is 0 Å². The molecule has 0 aliphatic carbocycles. The van der Waals surface area contributed by atoms with Gasteiger partial charge in [-0.1, -0.05) is 26.0 Å². The third-order valence-electron chi connectivity index (χ3n) is 3.88. The lowest BCUT2D eigenvalue weighted by atomic mass is 9.96. The molecule has 0 saturated carbocycles. The van der Waals surface area contributed by atoms with E-state index < -0.39 is 0 Å². The van der Waals surface area contributed by atoms with E-state index in [4.69, 9.17) is 4.74 Å². The molecule has 0 spiro atoms. The van der Waals surface area contributed by atoms with Gasteiger partial charge in [0.25, 0.3) is 0 Å². The second-order valence-electron chi connectivity index (χ2n) is 5.78. The predicted octanol–water partition coefficient (Wildman–Crippen LogP) is 2.78. The Hall–Kier alpha value is -1.06. The molecule has 0 aromatic heterocycles. The maximum Gasteiger partial charge on any atom is 0.122 e. The molecule has 106 valence electrons. The van der Waals surface area contributed by atoms with E-state index in [0.29, 0.717) is 12.0 Å². The van der Waals surface area contributed by atoms with Crippen molar-refractivity contribution in [2.45, 2.75) is 32.2 Å². The monoisotopic (exact) mass is 262 g/mol. The third-order valence-corrected chi connectivity index (χ3v) is 3.88. The Kier molecular flexibility index (Phi) is 4.83. The van der Waals surface area contributed by atoms with Gasteiger partial charge in [-0.05, 0) is 49.7 Å². The van der Waals surface area contributed by atoms with E-state index >= 15 is 0 Å². The largest absolute Gasteiger partial charge is 0.496 e. The first-order valence-corrected chi connectivity index (χ1v) is 7.21. The standard InChI is InChI=1S/C16H26N2O/c1-12(2)14-10-13(6-7-16(14)19-4)15-11-18(3)9-5-8-17-15/h6-7,10,12,15,17H,5,8-9,11H2,1-4H3. The van der Waals surface area contributed by atoms with Crippen LogP contribution >= 0.6 is 0 Å². The number of nitrogens with one attached hydrogen (secondary N) is 1. The molecule has 1 heterocycles. The fourth-order valence-corrected chi connectivity index (χ4v) is 2.74. The number of nitrogens with zero attached hydrogens (tertiary/aromatic N) is 1. The van der Waals surface area contributed by atoms with Crippen molar-refractivity contribution in [1.29, 1.82) is 0 Å². The summed E-state index contributed by atoms with van der Waals surface area (Å²) in [6.07, 6.45) is 1.22. The lowest BCUT2D eigenvalue weighted by Crippen LogP contribution is -2.28. The van der Waals surface area contributed by atoms with Crippen LogP contribution in [0.2, 0.25) is 0 Å². The second kappa shape index (κ2) is 6.40. The summed E-state index contributed by atoms with van der Waals surface area (Å²) in [6, 6.07) is 7.04. The minimum absolute atomic E-state index is 0.427. The van der Waals surface area contributed by atoms with Crippen LogP contribution in [0.4, 0.5) is 0 Å². The molecule has 3 heteroatoms. The van der Waals surface area contributed by atoms with E-state index in [0.717, 1.165) is 18.8 Å². The summed E-state index contributed by atoms with van der Waals surface area (Å²) in [5, 5.41) is 3.65. The summed E-state index contributed by atoms with van der Waals surface area (Å²) in [4.78, 5) is 2.41. The van der Waals surface area contributed by atoms with Crippen molar-refractivity contribution in [3.8, 4) is 5.75 Å². The molecule has 1 N–H and O–H groups in total. The molecule has 1 aromatic carbocycles. The van der Waals surface area contributed by atoms with Gasteiger partial charge in [-0.15, -0.1) is 0 Å². The highest BCUT2D eigenvalue weighted by atomic mass is 16.5. The highest BCUT2D eigenvalue weighted by molar-refractivity contribution is 5.40. The molecule has 1 aromatic rings. The summed E-state index contributed by atoms with van der Waals surface area (Å²) in [7, 11) is 3.95. The van der Waals surface area contributed by atoms with Gasteiger partial charge in [-0.2, -0.15) is 0 Å². The molecule has 1 fully saturated rings. The Morgan fingerprint density at radius 3 is 2.84 bits per heavy atom. The summed E-state index contributed by atoms with van der Waals surface area (Å²) >= 11 is 0. The van der Waals surface area contributed by atoms with Crippen molar-refractivity contribution in [2.75, 3.05) is 33.8 Å². The molecule has 1 saturated heterocycles. The SMILES string of the molecule is COc1ccc(C2CN(C)CCCN2)cc1C(C)C. The van der Waals surface area contributed by atoms with Crippen LogP contribution in [0.5, 0.6) is 5.75 Å². The highest BCUT2D eigenvalue weighted by Gasteiger charge is 2.18. The van der Waals surface area contributed by atoms with Crippen LogP contribution in [0.15, 0.2) is 18.2 Å². The molecule has 1 aliphatic rings. The van der Waals surface area contributed by atoms with Crippen molar-refractivity contribution in [3.05, 3.63) is 29.3 Å². The van der Waals surface area contributed by atoms with E-state index in [2.05, 4.69) is 49.3 Å². The van der Waals surface area contributed by atoms with Crippen LogP contribution in [0, 0.1) is 0 Å². The summed E-state index contributed by atoms with van der Waals surface area (Å²) in [5.74, 6) is 1.49. The van der Waals surface area contributed by atoms with E-state index in [9.17, 15) is 0 Å². The van der Waals surface area contributed by atoms with Gasteiger partial charge < -0.3 is 15.0 Å². The van der Waals surface area contributed by atoms with Crippen LogP contribution in [0.1, 0.15) is 43.4 Å². The maximum absolute atomic E-state index is 5.46. The van der Waals surface area contributed by atoms with Crippen LogP contribution in [-0.2, 0) is 0 Å². The number of methoxy groups -OCH3 is 1. The quantitative estimate of drug-likeness (QED) is 0.906. The fourth-order valence-electron chi connectivity index (χ4n) is 2.74. The minimum Gasteiger partial charge on any atom is -0.496 e. The highest BCUT2D eigenvalue weighted by Crippen LogP contribution is 2.29. The van der Waals surface area contributed by atoms with Gasteiger partial charge in [0.15, 0.2) is 0 Å². The van der Waals surface area contributed by atoms with Gasteiger partial charge >= 0.3 is 0 Å². The summed E-state index contributed by atoms with van der Waals surface area (Å²) in [5.41, 5.74) is 2.67. The fraction of sp³-hybridized carbons (Fsp3) is 0.625. The zero-order valence-corrected chi connectivity index (χ0v) is 12.6. The molecular formula is C16H26N2O. The van der Waals surface area contributed by atoms with Crippen molar-refractivity contribution in [2.24, 2.45) is 0 Å². The number of likely N-dealkylation sites (N-methyl/N-ethyl adjacent to an activating group) is 1. The molecule has 19 heavy (non-hydrogen) atoms. The Morgan fingerprint density at radius 2 is 2.16 bits per heavy atom. The topological polar surface area (TPSA) is 24.5 Å². The Labute approximate surface area is 116 Å². The zero-order valence-electron chi connectivity index (χ0n) is 12.6. The van der Waals surface area contributed by atoms with Crippen LogP contribution in [0.3, 0.4) is 0 Å². The molecule has 0 radical (unpaired) electrons. The summed E-state index contributed by atoms with van der Waals surface area (Å²) < 4.78 is 5.46. The third kappa shape index (κ3) is 3.48. The first-order chi connectivity index (χ1) is 9.11. The second-order valence-corrected chi connectivity index (χ2v) is 5.78. The van der Waals surface area contributed by atoms with Gasteiger partial charge in [0.05, 0.1) is 7.11 Å². The Bertz CT molecular complexity index is 417. The molecule has 2 rings (SSSR count). The van der Waals surface area contributed by atoms with E-state index in [1.807, 2.05) is 0 Å². The maximum atomic E-state index is 5.46. The van der Waals surface area contributed by atoms with Crippen molar-refractivity contribution < 1.29 is 4.74 Å². The first-order valence-electron chi connectivity index (χ1n) is 7.21. The van der Waals surface area contributed by atoms with Gasteiger partial charge in [-0.25, -0.2) is 0 Å². The average molecular weight is 262 g/mol. The number of rotatable bonds is 3. The van der Waals surface area contributed by atoms with Crippen LogP contribution < -0.4 is 10.1 Å². The predicted molar refractivity (Wildman–Crippen MR) is 79.9 cm³/mol. The lowest BCUT2D eigenvalue weighted by molar-refractivity contribution is 0.326. The Balaban J connectivity index is 2.26. The molecular weight excluding hydrogens is 236 g/mol. The number of ether oxygens (including phenoxy) is 1. The van der Waals surface area contributed by atoms with E-state index in [1.54, 1.807) is 7.11 Å². The van der Waals surface area contributed by atoms with Crippen LogP contribution in [0.25, 0.3) is 0 Å². The molecule has 0 bridgehead atoms. The molecule has 1 atom stereocenters. The lowest BCUT2D eigenvalue weighted by Gasteiger charge is -2.22. The number of hydrogen-bond donors (Lipinski definition) is 1. The smallest absolute Gasteiger partial charge is 0.122 e. The normalized spacial score (nSPS) is 21.4. The molecule has 3 nitrogen and oxygen atoms in total. The average Bonchev–Trinajstić information content (AvgIpc) is 2.62. The van der Waals surface area contributed by atoms with Crippen molar-refractivity contribution in [1.82, 2.24) is 10.2 Å².